The molecule has 1 aromatic rings. The number of benzene rings is 1. The molecule has 5 heteroatoms. The van der Waals surface area contributed by atoms with E-state index in [2.05, 4.69) is 5.32 Å². The van der Waals surface area contributed by atoms with Gasteiger partial charge in [0, 0.05) is 17.8 Å². The summed E-state index contributed by atoms with van der Waals surface area (Å²) in [5, 5.41) is 23.6. The second-order valence-corrected chi connectivity index (χ2v) is 4.41. The second-order valence-electron chi connectivity index (χ2n) is 4.41. The fraction of sp³-hybridized carbons (Fsp3) is 0.500. The number of aliphatic hydroxyl groups excluding tert-OH is 1. The zero-order valence-electron chi connectivity index (χ0n) is 9.50. The molecule has 1 saturated carbocycles. The third kappa shape index (κ3) is 2.94. The Balaban J connectivity index is 2.07. The van der Waals surface area contributed by atoms with Crippen molar-refractivity contribution in [3.8, 4) is 0 Å². The smallest absolute Gasteiger partial charge is 0.271 e. The standard InChI is InChI=1S/C12H16N2O3/c15-12-7-2-1-6-11(12)13-9-4-3-5-10(8-9)14(16)17/h3-5,8,11-13,15H,1-2,6-7H2. The van der Waals surface area contributed by atoms with Crippen LogP contribution in [0.25, 0.3) is 0 Å². The molecule has 0 aliphatic heterocycles. The summed E-state index contributed by atoms with van der Waals surface area (Å²) in [6, 6.07) is 6.40. The molecule has 1 aliphatic rings. The van der Waals surface area contributed by atoms with E-state index in [1.54, 1.807) is 12.1 Å². The van der Waals surface area contributed by atoms with Crippen molar-refractivity contribution in [3.05, 3.63) is 34.4 Å². The van der Waals surface area contributed by atoms with Crippen LogP contribution >= 0.6 is 0 Å². The van der Waals surface area contributed by atoms with Gasteiger partial charge in [-0.3, -0.25) is 10.1 Å². The molecule has 17 heavy (non-hydrogen) atoms. The maximum absolute atomic E-state index is 10.6. The van der Waals surface area contributed by atoms with E-state index < -0.39 is 4.92 Å². The SMILES string of the molecule is O=[N+]([O-])c1cccc(NC2CCCCC2O)c1. The Hall–Kier alpha value is -1.62. The predicted octanol–water partition coefficient (Wildman–Crippen LogP) is 2.31. The molecule has 92 valence electrons. The highest BCUT2D eigenvalue weighted by Crippen LogP contribution is 2.24. The molecule has 2 atom stereocenters. The molecule has 1 fully saturated rings. The van der Waals surface area contributed by atoms with Gasteiger partial charge in [0.1, 0.15) is 0 Å². The normalized spacial score (nSPS) is 24.3. The first-order chi connectivity index (χ1) is 8.16. The van der Waals surface area contributed by atoms with Gasteiger partial charge in [0.05, 0.1) is 17.1 Å². The number of nitrogens with one attached hydrogen (secondary N) is 1. The predicted molar refractivity (Wildman–Crippen MR) is 65.0 cm³/mol. The Morgan fingerprint density at radius 1 is 1.35 bits per heavy atom. The summed E-state index contributed by atoms with van der Waals surface area (Å²) < 4.78 is 0. The van der Waals surface area contributed by atoms with E-state index in [9.17, 15) is 15.2 Å². The number of hydrogen-bond donors (Lipinski definition) is 2. The summed E-state index contributed by atoms with van der Waals surface area (Å²) >= 11 is 0. The van der Waals surface area contributed by atoms with Crippen LogP contribution in [0.2, 0.25) is 0 Å². The van der Waals surface area contributed by atoms with Crippen LogP contribution in [0, 0.1) is 10.1 Å². The Morgan fingerprint density at radius 2 is 2.12 bits per heavy atom. The van der Waals surface area contributed by atoms with Crippen LogP contribution in [-0.4, -0.2) is 22.2 Å². The van der Waals surface area contributed by atoms with E-state index in [0.29, 0.717) is 5.69 Å². The average molecular weight is 236 g/mol. The van der Waals surface area contributed by atoms with Crippen molar-refractivity contribution in [2.24, 2.45) is 0 Å². The van der Waals surface area contributed by atoms with Crippen LogP contribution in [0.1, 0.15) is 25.7 Å². The first kappa shape index (κ1) is 11.9. The maximum atomic E-state index is 10.6. The van der Waals surface area contributed by atoms with Gasteiger partial charge in [0.25, 0.3) is 5.69 Å². The van der Waals surface area contributed by atoms with Crippen LogP contribution in [0.4, 0.5) is 11.4 Å². The molecule has 0 saturated heterocycles. The molecule has 0 radical (unpaired) electrons. The molecule has 0 aromatic heterocycles. The number of rotatable bonds is 3. The van der Waals surface area contributed by atoms with Gasteiger partial charge in [0.15, 0.2) is 0 Å². The van der Waals surface area contributed by atoms with Crippen molar-refractivity contribution in [1.82, 2.24) is 0 Å². The minimum Gasteiger partial charge on any atom is -0.391 e. The monoisotopic (exact) mass is 236 g/mol. The van der Waals surface area contributed by atoms with Crippen molar-refractivity contribution in [2.75, 3.05) is 5.32 Å². The first-order valence-corrected chi connectivity index (χ1v) is 5.86. The van der Waals surface area contributed by atoms with E-state index in [1.165, 1.54) is 12.1 Å². The maximum Gasteiger partial charge on any atom is 0.271 e. The third-order valence-corrected chi connectivity index (χ3v) is 3.14. The van der Waals surface area contributed by atoms with Crippen molar-refractivity contribution in [2.45, 2.75) is 37.8 Å². The number of anilines is 1. The van der Waals surface area contributed by atoms with E-state index >= 15 is 0 Å². The molecule has 0 spiro atoms. The highest BCUT2D eigenvalue weighted by atomic mass is 16.6. The van der Waals surface area contributed by atoms with Gasteiger partial charge in [-0.05, 0) is 18.9 Å². The molecule has 0 amide bonds. The number of hydrogen-bond acceptors (Lipinski definition) is 4. The minimum atomic E-state index is -0.414. The van der Waals surface area contributed by atoms with Gasteiger partial charge in [-0.1, -0.05) is 18.9 Å². The average Bonchev–Trinajstić information content (AvgIpc) is 2.32. The van der Waals surface area contributed by atoms with Crippen molar-refractivity contribution in [3.63, 3.8) is 0 Å². The van der Waals surface area contributed by atoms with Gasteiger partial charge in [-0.2, -0.15) is 0 Å². The lowest BCUT2D eigenvalue weighted by atomic mass is 9.92. The topological polar surface area (TPSA) is 75.4 Å². The van der Waals surface area contributed by atoms with E-state index in [0.717, 1.165) is 25.7 Å². The van der Waals surface area contributed by atoms with Gasteiger partial charge >= 0.3 is 0 Å². The van der Waals surface area contributed by atoms with Crippen LogP contribution in [0.15, 0.2) is 24.3 Å². The number of nitrogens with zero attached hydrogens (tertiary/aromatic N) is 1. The van der Waals surface area contributed by atoms with Crippen molar-refractivity contribution < 1.29 is 10.0 Å². The minimum absolute atomic E-state index is 0.00533. The molecule has 1 aromatic carbocycles. The molecule has 0 heterocycles. The summed E-state index contributed by atoms with van der Waals surface area (Å²) in [7, 11) is 0. The lowest BCUT2D eigenvalue weighted by molar-refractivity contribution is -0.384. The Labute approximate surface area is 99.6 Å². The molecule has 2 unspecified atom stereocenters. The number of non-ortho nitro benzene ring substituents is 1. The summed E-state index contributed by atoms with van der Waals surface area (Å²) in [5.74, 6) is 0. The van der Waals surface area contributed by atoms with Crippen LogP contribution in [0.3, 0.4) is 0 Å². The van der Waals surface area contributed by atoms with Crippen molar-refractivity contribution in [1.29, 1.82) is 0 Å². The summed E-state index contributed by atoms with van der Waals surface area (Å²) in [4.78, 5) is 10.2. The van der Waals surface area contributed by atoms with Crippen molar-refractivity contribution >= 4 is 11.4 Å². The second kappa shape index (κ2) is 5.14. The molecule has 1 aliphatic carbocycles. The summed E-state index contributed by atoms with van der Waals surface area (Å²) in [6.45, 7) is 0. The van der Waals surface area contributed by atoms with Crippen LogP contribution in [-0.2, 0) is 0 Å². The lowest BCUT2D eigenvalue weighted by Crippen LogP contribution is -2.36. The highest BCUT2D eigenvalue weighted by Gasteiger charge is 2.22. The van der Waals surface area contributed by atoms with Crippen LogP contribution in [0.5, 0.6) is 0 Å². The Morgan fingerprint density at radius 3 is 2.82 bits per heavy atom. The van der Waals surface area contributed by atoms with Gasteiger partial charge in [-0.15, -0.1) is 0 Å². The molecular formula is C12H16N2O3. The molecular weight excluding hydrogens is 220 g/mol. The first-order valence-electron chi connectivity index (χ1n) is 5.86. The Kier molecular flexibility index (Phi) is 3.58. The lowest BCUT2D eigenvalue weighted by Gasteiger charge is -2.29. The quantitative estimate of drug-likeness (QED) is 0.623. The number of nitro benzene ring substituents is 1. The zero-order chi connectivity index (χ0) is 12.3. The summed E-state index contributed by atoms with van der Waals surface area (Å²) in [6.07, 6.45) is 3.48. The molecule has 2 N–H and O–H groups in total. The summed E-state index contributed by atoms with van der Waals surface area (Å²) in [5.41, 5.74) is 0.769. The largest absolute Gasteiger partial charge is 0.391 e. The van der Waals surface area contributed by atoms with Gasteiger partial charge in [-0.25, -0.2) is 0 Å². The third-order valence-electron chi connectivity index (χ3n) is 3.14. The Bertz CT molecular complexity index is 408. The van der Waals surface area contributed by atoms with E-state index in [4.69, 9.17) is 0 Å². The zero-order valence-corrected chi connectivity index (χ0v) is 9.50. The highest BCUT2D eigenvalue weighted by molar-refractivity contribution is 5.51. The van der Waals surface area contributed by atoms with E-state index in [1.807, 2.05) is 0 Å². The van der Waals surface area contributed by atoms with Gasteiger partial charge < -0.3 is 10.4 Å². The molecule has 2 rings (SSSR count). The fourth-order valence-electron chi connectivity index (χ4n) is 2.20. The fourth-order valence-corrected chi connectivity index (χ4v) is 2.20. The number of nitro groups is 1. The van der Waals surface area contributed by atoms with Gasteiger partial charge in [0.2, 0.25) is 0 Å². The van der Waals surface area contributed by atoms with E-state index in [-0.39, 0.29) is 17.8 Å². The molecule has 5 nitrogen and oxygen atoms in total. The molecule has 0 bridgehead atoms. The number of aliphatic hydroxyl groups is 1. The van der Waals surface area contributed by atoms with Crippen LogP contribution < -0.4 is 5.32 Å².